The Bertz CT molecular complexity index is 835. The normalized spacial score (nSPS) is 22.4. The second-order valence-electron chi connectivity index (χ2n) is 7.89. The molecule has 0 spiro atoms. The van der Waals surface area contributed by atoms with E-state index in [4.69, 9.17) is 4.74 Å². The van der Waals surface area contributed by atoms with E-state index in [1.54, 1.807) is 13.3 Å². The van der Waals surface area contributed by atoms with Crippen LogP contribution in [0.5, 0.6) is 5.75 Å². The quantitative estimate of drug-likeness (QED) is 0.779. The van der Waals surface area contributed by atoms with Gasteiger partial charge in [-0.15, -0.1) is 0 Å². The summed E-state index contributed by atoms with van der Waals surface area (Å²) in [4.78, 5) is 21.6. The first kappa shape index (κ1) is 19.6. The van der Waals surface area contributed by atoms with E-state index >= 15 is 0 Å². The van der Waals surface area contributed by atoms with Crippen LogP contribution < -0.4 is 4.74 Å². The predicted octanol–water partition coefficient (Wildman–Crippen LogP) is 3.73. The van der Waals surface area contributed by atoms with E-state index in [2.05, 4.69) is 34.2 Å². The van der Waals surface area contributed by atoms with Gasteiger partial charge in [-0.1, -0.05) is 30.4 Å². The third-order valence-electron chi connectivity index (χ3n) is 6.12. The number of amides is 1. The minimum atomic E-state index is 0.0700. The van der Waals surface area contributed by atoms with Crippen LogP contribution >= 0.6 is 0 Å². The minimum Gasteiger partial charge on any atom is -0.497 e. The van der Waals surface area contributed by atoms with E-state index in [1.807, 2.05) is 35.2 Å². The number of rotatable bonds is 5. The number of pyridine rings is 1. The summed E-state index contributed by atoms with van der Waals surface area (Å²) in [6, 6.07) is 14.2. The highest BCUT2D eigenvalue weighted by molar-refractivity contribution is 5.92. The monoisotopic (exact) mass is 391 g/mol. The number of hydrogen-bond donors (Lipinski definition) is 0. The van der Waals surface area contributed by atoms with Gasteiger partial charge in [-0.05, 0) is 61.6 Å². The van der Waals surface area contributed by atoms with Crippen molar-refractivity contribution in [3.8, 4) is 5.75 Å². The van der Waals surface area contributed by atoms with Crippen molar-refractivity contribution in [2.24, 2.45) is 5.92 Å². The Balaban J connectivity index is 1.34. The van der Waals surface area contributed by atoms with E-state index in [1.165, 1.54) is 18.4 Å². The van der Waals surface area contributed by atoms with Crippen molar-refractivity contribution in [1.82, 2.24) is 14.8 Å². The molecule has 5 nitrogen and oxygen atoms in total. The Morgan fingerprint density at radius 2 is 2.03 bits per heavy atom. The number of benzene rings is 1. The largest absolute Gasteiger partial charge is 0.497 e. The summed E-state index contributed by atoms with van der Waals surface area (Å²) in [5.41, 5.74) is 1.75. The van der Waals surface area contributed by atoms with E-state index in [-0.39, 0.29) is 5.91 Å². The Labute approximate surface area is 173 Å². The van der Waals surface area contributed by atoms with E-state index in [0.717, 1.165) is 38.3 Å². The van der Waals surface area contributed by atoms with Crippen molar-refractivity contribution < 1.29 is 9.53 Å². The summed E-state index contributed by atoms with van der Waals surface area (Å²) in [5.74, 6) is 1.51. The van der Waals surface area contributed by atoms with Crippen LogP contribution in [0, 0.1) is 5.92 Å². The summed E-state index contributed by atoms with van der Waals surface area (Å²) in [6.07, 6.45) is 9.58. The van der Waals surface area contributed by atoms with Crippen LogP contribution in [-0.4, -0.2) is 60.0 Å². The van der Waals surface area contributed by atoms with E-state index in [0.29, 0.717) is 17.7 Å². The smallest absolute Gasteiger partial charge is 0.272 e. The average molecular weight is 392 g/mol. The fourth-order valence-electron chi connectivity index (χ4n) is 4.61. The molecule has 1 aromatic carbocycles. The molecule has 2 aliphatic heterocycles. The number of aromatic nitrogens is 1. The molecule has 2 aromatic rings. The number of fused-ring (bicyclic) bond motifs is 1. The molecule has 0 bridgehead atoms. The van der Waals surface area contributed by atoms with Crippen molar-refractivity contribution in [3.05, 3.63) is 66.0 Å². The number of methoxy groups -OCH3 is 1. The first-order chi connectivity index (χ1) is 14.2. The van der Waals surface area contributed by atoms with Gasteiger partial charge in [0.25, 0.3) is 5.91 Å². The number of carbonyl (C=O) groups is 1. The van der Waals surface area contributed by atoms with Crippen LogP contribution in [-0.2, 0) is 0 Å². The zero-order valence-corrected chi connectivity index (χ0v) is 17.0. The molecule has 0 unspecified atom stereocenters. The molecule has 29 heavy (non-hydrogen) atoms. The molecule has 0 aliphatic carbocycles. The molecule has 0 radical (unpaired) electrons. The molecule has 1 amide bonds. The first-order valence-corrected chi connectivity index (χ1v) is 10.5. The maximum absolute atomic E-state index is 12.8. The number of piperidine rings is 2. The van der Waals surface area contributed by atoms with Gasteiger partial charge in [-0.25, -0.2) is 0 Å². The summed E-state index contributed by atoms with van der Waals surface area (Å²) in [7, 11) is 1.69. The van der Waals surface area contributed by atoms with E-state index < -0.39 is 0 Å². The van der Waals surface area contributed by atoms with Crippen molar-refractivity contribution in [2.75, 3.05) is 33.3 Å². The summed E-state index contributed by atoms with van der Waals surface area (Å²) < 4.78 is 5.22. The molecule has 2 fully saturated rings. The lowest BCUT2D eigenvalue weighted by Gasteiger charge is -2.47. The molecule has 2 saturated heterocycles. The van der Waals surface area contributed by atoms with Crippen LogP contribution in [0.3, 0.4) is 0 Å². The molecule has 5 heteroatoms. The molecular weight excluding hydrogens is 362 g/mol. The van der Waals surface area contributed by atoms with Gasteiger partial charge >= 0.3 is 0 Å². The lowest BCUT2D eigenvalue weighted by molar-refractivity contribution is 0.0257. The van der Waals surface area contributed by atoms with Crippen LogP contribution in [0.1, 0.15) is 35.3 Å². The number of likely N-dealkylation sites (tertiary alicyclic amines) is 2. The summed E-state index contributed by atoms with van der Waals surface area (Å²) in [5, 5.41) is 0. The third-order valence-corrected chi connectivity index (χ3v) is 6.12. The molecule has 2 atom stereocenters. The summed E-state index contributed by atoms with van der Waals surface area (Å²) >= 11 is 0. The lowest BCUT2D eigenvalue weighted by Crippen LogP contribution is -2.55. The van der Waals surface area contributed by atoms with Crippen LogP contribution in [0.4, 0.5) is 0 Å². The molecule has 3 heterocycles. The average Bonchev–Trinajstić information content (AvgIpc) is 2.79. The summed E-state index contributed by atoms with van der Waals surface area (Å²) in [6.45, 7) is 3.76. The molecule has 152 valence electrons. The standard InChI is InChI=1S/C24H29N3O2/c1-29-21-11-9-19(10-12-21)6-4-15-26-16-5-7-20-18-27(17-13-23(20)26)24(28)22-8-2-3-14-25-22/h2-4,6,8-12,14,20,23H,5,7,13,15-18H2,1H3/b6-4+/t20-,23+/m1/s1. The fraction of sp³-hybridized carbons (Fsp3) is 0.417. The van der Waals surface area contributed by atoms with Gasteiger partial charge in [0.1, 0.15) is 11.4 Å². The van der Waals surface area contributed by atoms with Gasteiger partial charge in [0.05, 0.1) is 7.11 Å². The Kier molecular flexibility index (Phi) is 6.25. The van der Waals surface area contributed by atoms with Crippen LogP contribution in [0.15, 0.2) is 54.7 Å². The second-order valence-corrected chi connectivity index (χ2v) is 7.89. The maximum atomic E-state index is 12.8. The highest BCUT2D eigenvalue weighted by Gasteiger charge is 2.37. The highest BCUT2D eigenvalue weighted by Crippen LogP contribution is 2.31. The third kappa shape index (κ3) is 4.67. The number of nitrogens with zero attached hydrogens (tertiary/aromatic N) is 3. The lowest BCUT2D eigenvalue weighted by atomic mass is 9.83. The Morgan fingerprint density at radius 3 is 2.79 bits per heavy atom. The maximum Gasteiger partial charge on any atom is 0.272 e. The Morgan fingerprint density at radius 1 is 1.17 bits per heavy atom. The van der Waals surface area contributed by atoms with Crippen molar-refractivity contribution in [2.45, 2.75) is 25.3 Å². The van der Waals surface area contributed by atoms with Crippen LogP contribution in [0.2, 0.25) is 0 Å². The number of hydrogen-bond acceptors (Lipinski definition) is 4. The van der Waals surface area contributed by atoms with Crippen molar-refractivity contribution >= 4 is 12.0 Å². The van der Waals surface area contributed by atoms with Gasteiger partial charge < -0.3 is 9.64 Å². The number of ether oxygens (including phenoxy) is 1. The number of carbonyl (C=O) groups excluding carboxylic acids is 1. The van der Waals surface area contributed by atoms with Gasteiger partial charge in [0, 0.05) is 31.9 Å². The van der Waals surface area contributed by atoms with Crippen LogP contribution in [0.25, 0.3) is 6.08 Å². The molecule has 1 aromatic heterocycles. The zero-order valence-electron chi connectivity index (χ0n) is 17.0. The molecular formula is C24H29N3O2. The van der Waals surface area contributed by atoms with Gasteiger partial charge in [-0.3, -0.25) is 14.7 Å². The van der Waals surface area contributed by atoms with Gasteiger partial charge in [0.15, 0.2) is 0 Å². The SMILES string of the molecule is COc1ccc(/C=C/CN2CCC[C@@H]3CN(C(=O)c4ccccn4)CC[C@@H]32)cc1. The van der Waals surface area contributed by atoms with Crippen molar-refractivity contribution in [3.63, 3.8) is 0 Å². The van der Waals surface area contributed by atoms with E-state index in [9.17, 15) is 4.79 Å². The molecule has 0 N–H and O–H groups in total. The second kappa shape index (κ2) is 9.23. The zero-order chi connectivity index (χ0) is 20.1. The minimum absolute atomic E-state index is 0.0700. The highest BCUT2D eigenvalue weighted by atomic mass is 16.5. The van der Waals surface area contributed by atoms with Crippen molar-refractivity contribution in [1.29, 1.82) is 0 Å². The van der Waals surface area contributed by atoms with Gasteiger partial charge in [0.2, 0.25) is 0 Å². The topological polar surface area (TPSA) is 45.7 Å². The molecule has 0 saturated carbocycles. The molecule has 2 aliphatic rings. The predicted molar refractivity (Wildman–Crippen MR) is 115 cm³/mol. The fourth-order valence-corrected chi connectivity index (χ4v) is 4.61. The first-order valence-electron chi connectivity index (χ1n) is 10.5. The Hall–Kier alpha value is -2.66. The van der Waals surface area contributed by atoms with Gasteiger partial charge in [-0.2, -0.15) is 0 Å². The molecule has 4 rings (SSSR count).